The molecule has 2 atom stereocenters. The largest absolute Gasteiger partial charge is 0.422 e. The van der Waals surface area contributed by atoms with Crippen LogP contribution in [-0.2, 0) is 28.7 Å². The van der Waals surface area contributed by atoms with Gasteiger partial charge in [0.05, 0.1) is 13.0 Å². The van der Waals surface area contributed by atoms with Gasteiger partial charge in [-0.25, -0.2) is 0 Å². The number of hydrogen-bond acceptors (Lipinski definition) is 4. The van der Waals surface area contributed by atoms with Gasteiger partial charge in [0.1, 0.15) is 5.56 Å². The summed E-state index contributed by atoms with van der Waals surface area (Å²) >= 11 is 0. The molecule has 1 aromatic heterocycles. The van der Waals surface area contributed by atoms with Gasteiger partial charge in [-0.3, -0.25) is 10.0 Å². The van der Waals surface area contributed by atoms with Crippen LogP contribution in [0.4, 0.5) is 13.2 Å². The molecule has 1 aliphatic carbocycles. The zero-order valence-electron chi connectivity index (χ0n) is 19.0. The number of alkyl halides is 3. The maximum atomic E-state index is 13.1. The van der Waals surface area contributed by atoms with E-state index in [1.807, 2.05) is 0 Å². The number of carbonyl (C=O) groups is 1. The van der Waals surface area contributed by atoms with Gasteiger partial charge in [-0.1, -0.05) is 20.3 Å². The second-order valence-electron chi connectivity index (χ2n) is 9.02. The van der Waals surface area contributed by atoms with Crippen LogP contribution in [-0.4, -0.2) is 47.9 Å². The Morgan fingerprint density at radius 1 is 1.22 bits per heavy atom. The second-order valence-corrected chi connectivity index (χ2v) is 9.02. The van der Waals surface area contributed by atoms with E-state index in [9.17, 15) is 23.2 Å². The lowest BCUT2D eigenvalue weighted by atomic mass is 10.00. The highest BCUT2D eigenvalue weighted by molar-refractivity contribution is 5.79. The molecule has 180 valence electrons. The fourth-order valence-electron chi connectivity index (χ4n) is 4.76. The van der Waals surface area contributed by atoms with Crippen molar-refractivity contribution in [3.8, 4) is 0 Å². The Balaban J connectivity index is 0.000000913. The van der Waals surface area contributed by atoms with Crippen LogP contribution < -0.4 is 10.0 Å². The van der Waals surface area contributed by atoms with Crippen molar-refractivity contribution in [2.24, 2.45) is 5.92 Å². The van der Waals surface area contributed by atoms with Gasteiger partial charge in [-0.05, 0) is 38.2 Å². The topological polar surface area (TPSA) is 65.7 Å². The lowest BCUT2D eigenvalue weighted by molar-refractivity contribution is -0.910. The number of aromatic nitrogens is 1. The highest BCUT2D eigenvalue weighted by Crippen LogP contribution is 2.32. The Kier molecular flexibility index (Phi) is 8.38. The molecule has 1 saturated carbocycles. The minimum atomic E-state index is -4.54. The number of fused-ring (bicyclic) bond motifs is 1. The second kappa shape index (κ2) is 10.8. The fraction of sp³-hybridized carbons (Fsp3) is 0.739. The molecule has 2 fully saturated rings. The molecule has 1 aromatic rings. The number of ether oxygens (including phenoxy) is 1. The van der Waals surface area contributed by atoms with E-state index in [2.05, 4.69) is 19.2 Å². The van der Waals surface area contributed by atoms with Crippen molar-refractivity contribution in [2.75, 3.05) is 19.8 Å². The number of amides is 1. The molecule has 3 heterocycles. The highest BCUT2D eigenvalue weighted by Gasteiger charge is 2.39. The number of nitrogens with one attached hydrogen (secondary N) is 1. The zero-order chi connectivity index (χ0) is 23.3. The van der Waals surface area contributed by atoms with Gasteiger partial charge in [0.2, 0.25) is 17.8 Å². The predicted molar refractivity (Wildman–Crippen MR) is 112 cm³/mol. The summed E-state index contributed by atoms with van der Waals surface area (Å²) < 4.78 is 45.1. The number of nitrogens with zero attached hydrogens (tertiary/aromatic N) is 2. The maximum Gasteiger partial charge on any atom is 0.422 e. The van der Waals surface area contributed by atoms with Crippen molar-refractivity contribution in [2.45, 2.75) is 83.6 Å². The molecule has 1 saturated heterocycles. The average molecular weight is 459 g/mol. The van der Waals surface area contributed by atoms with E-state index in [1.54, 1.807) is 4.90 Å². The van der Waals surface area contributed by atoms with Crippen LogP contribution in [0, 0.1) is 5.92 Å². The van der Waals surface area contributed by atoms with Crippen molar-refractivity contribution < 1.29 is 32.6 Å². The van der Waals surface area contributed by atoms with Gasteiger partial charge in [-0.15, -0.1) is 0 Å². The van der Waals surface area contributed by atoms with Gasteiger partial charge in [0.15, 0.2) is 0 Å². The van der Waals surface area contributed by atoms with Gasteiger partial charge in [0.25, 0.3) is 0 Å². The highest BCUT2D eigenvalue weighted by atomic mass is 19.4. The molecular formula is C23H35F3N3O3+. The van der Waals surface area contributed by atoms with Crippen molar-refractivity contribution in [1.82, 2.24) is 10.2 Å². The molecule has 3 aliphatic rings. The first kappa shape index (κ1) is 24.8. The summed E-state index contributed by atoms with van der Waals surface area (Å²) in [6.07, 6.45) is 2.22. The summed E-state index contributed by atoms with van der Waals surface area (Å²) in [4.78, 5) is 14.6. The Bertz CT molecular complexity index is 782. The molecule has 0 bridgehead atoms. The van der Waals surface area contributed by atoms with E-state index >= 15 is 0 Å². The van der Waals surface area contributed by atoms with E-state index < -0.39 is 11.7 Å². The molecule has 1 unspecified atom stereocenters. The first-order valence-corrected chi connectivity index (χ1v) is 11.7. The summed E-state index contributed by atoms with van der Waals surface area (Å²) in [5.41, 5.74) is -0.112. The molecule has 0 aromatic carbocycles. The smallest absolute Gasteiger partial charge is 0.381 e. The van der Waals surface area contributed by atoms with Crippen LogP contribution in [0.3, 0.4) is 0 Å². The van der Waals surface area contributed by atoms with Crippen LogP contribution in [0.2, 0.25) is 0 Å². The number of halogens is 3. The molecule has 0 spiro atoms. The predicted octanol–water partition coefficient (Wildman–Crippen LogP) is 3.47. The fourth-order valence-corrected chi connectivity index (χ4v) is 4.76. The van der Waals surface area contributed by atoms with Crippen molar-refractivity contribution in [1.29, 1.82) is 0 Å². The minimum absolute atomic E-state index is 0.00818. The third-order valence-electron chi connectivity index (χ3n) is 6.33. The average Bonchev–Trinajstić information content (AvgIpc) is 3.22. The van der Waals surface area contributed by atoms with Gasteiger partial charge >= 0.3 is 6.18 Å². The number of rotatable bonds is 3. The quantitative estimate of drug-likeness (QED) is 0.538. The minimum Gasteiger partial charge on any atom is -0.381 e. The number of hydrogen-bond donors (Lipinski definition) is 2. The summed E-state index contributed by atoms with van der Waals surface area (Å²) in [6.45, 7) is 6.30. The molecule has 4 rings (SSSR count). The van der Waals surface area contributed by atoms with Crippen molar-refractivity contribution in [3.63, 3.8) is 0 Å². The zero-order valence-corrected chi connectivity index (χ0v) is 19.0. The van der Waals surface area contributed by atoms with Crippen LogP contribution in [0.15, 0.2) is 12.3 Å². The number of carbonyl (C=O) groups excluding carboxylic acids is 1. The molecular weight excluding hydrogens is 423 g/mol. The summed E-state index contributed by atoms with van der Waals surface area (Å²) in [5, 5.41) is 13.6. The molecule has 9 heteroatoms. The first-order valence-electron chi connectivity index (χ1n) is 11.7. The van der Waals surface area contributed by atoms with Gasteiger partial charge in [-0.2, -0.15) is 13.2 Å². The monoisotopic (exact) mass is 458 g/mol. The van der Waals surface area contributed by atoms with E-state index in [-0.39, 0.29) is 18.4 Å². The standard InChI is InChI=1S/C20H27F3N3O3.C3H8/c21-20(22,23)15-9-14-11-25(6-3-18(14)26(28)12-15)19(27)13-1-2-17(10-13)24-16-4-7-29-8-5-16;1-3-2/h9,12-13,16-17,24,28H,1-8,10-11H2;3H2,1-2H3/q+1;/t13-,17?;/m0./s1. The van der Waals surface area contributed by atoms with Crippen LogP contribution >= 0.6 is 0 Å². The SMILES string of the molecule is CCC.O=C([C@H]1CCC(NC2CCOCC2)C1)N1CCc2c(cc(C(F)(F)F)c[n+]2O)C1. The Morgan fingerprint density at radius 2 is 1.91 bits per heavy atom. The summed E-state index contributed by atoms with van der Waals surface area (Å²) in [6, 6.07) is 1.79. The Labute approximate surface area is 187 Å². The van der Waals surface area contributed by atoms with E-state index in [0.717, 1.165) is 51.4 Å². The van der Waals surface area contributed by atoms with E-state index in [1.165, 1.54) is 6.42 Å². The van der Waals surface area contributed by atoms with Crippen LogP contribution in [0.25, 0.3) is 0 Å². The van der Waals surface area contributed by atoms with Crippen molar-refractivity contribution >= 4 is 5.91 Å². The first-order chi connectivity index (χ1) is 15.2. The van der Waals surface area contributed by atoms with Crippen LogP contribution in [0.5, 0.6) is 0 Å². The van der Waals surface area contributed by atoms with Gasteiger partial charge < -0.3 is 15.0 Å². The molecule has 6 nitrogen and oxygen atoms in total. The third kappa shape index (κ3) is 6.13. The van der Waals surface area contributed by atoms with E-state index in [4.69, 9.17) is 4.74 Å². The van der Waals surface area contributed by atoms with Gasteiger partial charge in [0, 0.05) is 48.1 Å². The molecule has 32 heavy (non-hydrogen) atoms. The van der Waals surface area contributed by atoms with Crippen molar-refractivity contribution in [3.05, 3.63) is 29.1 Å². The van der Waals surface area contributed by atoms with Crippen LogP contribution in [0.1, 0.15) is 69.2 Å². The van der Waals surface area contributed by atoms with E-state index in [0.29, 0.717) is 47.2 Å². The Hall–Kier alpha value is -1.87. The number of pyridine rings is 1. The lowest BCUT2D eigenvalue weighted by Gasteiger charge is -2.29. The Morgan fingerprint density at radius 3 is 2.56 bits per heavy atom. The maximum absolute atomic E-state index is 13.1. The molecule has 1 amide bonds. The normalized spacial score (nSPS) is 24.0. The lowest BCUT2D eigenvalue weighted by Crippen LogP contribution is -2.46. The summed E-state index contributed by atoms with van der Waals surface area (Å²) in [5.74, 6) is -0.0882. The molecule has 0 radical (unpaired) electrons. The molecule has 2 N–H and O–H groups in total. The summed E-state index contributed by atoms with van der Waals surface area (Å²) in [7, 11) is 0. The molecule has 2 aliphatic heterocycles. The third-order valence-corrected chi connectivity index (χ3v) is 6.33.